The van der Waals surface area contributed by atoms with E-state index in [2.05, 4.69) is 62.9 Å². The van der Waals surface area contributed by atoms with E-state index in [1.807, 2.05) is 0 Å². The van der Waals surface area contributed by atoms with Crippen molar-refractivity contribution in [1.82, 2.24) is 0 Å². The van der Waals surface area contributed by atoms with Gasteiger partial charge < -0.3 is 0 Å². The number of thioether (sulfide) groups is 1. The molecule has 2 heteroatoms. The fourth-order valence-electron chi connectivity index (χ4n) is 4.14. The third-order valence-electron chi connectivity index (χ3n) is 5.63. The van der Waals surface area contributed by atoms with E-state index in [4.69, 9.17) is 0 Å². The van der Waals surface area contributed by atoms with Crippen molar-refractivity contribution in [1.29, 1.82) is 0 Å². The summed E-state index contributed by atoms with van der Waals surface area (Å²) < 4.78 is 6.23. The first-order valence-electron chi connectivity index (χ1n) is 9.97. The van der Waals surface area contributed by atoms with Crippen molar-refractivity contribution in [2.24, 2.45) is 0 Å². The van der Waals surface area contributed by atoms with Gasteiger partial charge in [0.15, 0.2) is 0 Å². The molecule has 0 aromatic heterocycles. The number of rotatable bonds is 12. The van der Waals surface area contributed by atoms with E-state index in [0.717, 1.165) is 5.25 Å². The van der Waals surface area contributed by atoms with Crippen LogP contribution in [0.5, 0.6) is 0 Å². The molecule has 0 bridgehead atoms. The third-order valence-corrected chi connectivity index (χ3v) is 25.6. The van der Waals surface area contributed by atoms with Crippen molar-refractivity contribution in [2.75, 3.05) is 0 Å². The quantitative estimate of drug-likeness (QED) is 0.300. The summed E-state index contributed by atoms with van der Waals surface area (Å²) in [5.41, 5.74) is 0. The van der Waals surface area contributed by atoms with E-state index in [0.29, 0.717) is 0 Å². The van der Waals surface area contributed by atoms with E-state index < -0.39 is 18.4 Å². The van der Waals surface area contributed by atoms with Gasteiger partial charge in [-0.3, -0.25) is 0 Å². The van der Waals surface area contributed by atoms with Gasteiger partial charge in [-0.25, -0.2) is 0 Å². The van der Waals surface area contributed by atoms with E-state index in [1.165, 1.54) is 47.4 Å². The summed E-state index contributed by atoms with van der Waals surface area (Å²) in [5.74, 6) is 0. The number of benzene rings is 1. The summed E-state index contributed by atoms with van der Waals surface area (Å²) >= 11 is 0.260. The van der Waals surface area contributed by atoms with E-state index in [1.54, 1.807) is 19.7 Å². The second-order valence-electron chi connectivity index (χ2n) is 7.48. The Kier molecular flexibility index (Phi) is 8.89. The van der Waals surface area contributed by atoms with Gasteiger partial charge in [-0.15, -0.1) is 0 Å². The number of unbranched alkanes of at least 4 members (excludes halogenated alkanes) is 3. The molecular formula is C21H36SSn. The van der Waals surface area contributed by atoms with Crippen LogP contribution in [0.25, 0.3) is 0 Å². The molecule has 1 aromatic carbocycles. The Labute approximate surface area is 153 Å². The molecule has 0 nitrogen and oxygen atoms in total. The van der Waals surface area contributed by atoms with Crippen molar-refractivity contribution in [3.05, 3.63) is 30.3 Å². The standard InChI is InChI=1S/C9H9S.3C4H9.Sn/c1-2-4-8(5-3-1)10-9-6-7-9;3*1-3-4-2;/h1-6,9H,7H2;3*1,3-4H2,2H3;. The molecule has 0 saturated heterocycles. The first-order valence-corrected chi connectivity index (χ1v) is 18.6. The second-order valence-corrected chi connectivity index (χ2v) is 23.0. The molecule has 0 spiro atoms. The average Bonchev–Trinajstić information content (AvgIpc) is 3.35. The molecule has 0 heterocycles. The summed E-state index contributed by atoms with van der Waals surface area (Å²) in [6.45, 7) is 7.16. The van der Waals surface area contributed by atoms with Crippen molar-refractivity contribution >= 4 is 30.1 Å². The zero-order valence-corrected chi connectivity index (χ0v) is 19.2. The maximum atomic E-state index is 2.39. The Morgan fingerprint density at radius 3 is 1.87 bits per heavy atom. The Morgan fingerprint density at radius 1 is 0.870 bits per heavy atom. The summed E-state index contributed by atoms with van der Waals surface area (Å²) in [4.78, 5) is 1.50. The zero-order valence-electron chi connectivity index (χ0n) is 15.5. The summed E-state index contributed by atoms with van der Waals surface area (Å²) in [6.07, 6.45) is 10.3. The van der Waals surface area contributed by atoms with Gasteiger partial charge in [0, 0.05) is 0 Å². The molecule has 0 N–H and O–H groups in total. The molecule has 0 aliphatic heterocycles. The van der Waals surface area contributed by atoms with Crippen LogP contribution in [0.3, 0.4) is 0 Å². The van der Waals surface area contributed by atoms with Gasteiger partial charge in [0.05, 0.1) is 0 Å². The van der Waals surface area contributed by atoms with Gasteiger partial charge in [0.1, 0.15) is 0 Å². The van der Waals surface area contributed by atoms with Gasteiger partial charge in [-0.1, -0.05) is 0 Å². The third kappa shape index (κ3) is 5.99. The van der Waals surface area contributed by atoms with Gasteiger partial charge in [-0.05, 0) is 0 Å². The predicted octanol–water partition coefficient (Wildman–Crippen LogP) is 7.77. The Balaban J connectivity index is 2.03. The molecule has 23 heavy (non-hydrogen) atoms. The minimum atomic E-state index is -1.94. The molecule has 2 atom stereocenters. The molecule has 0 amide bonds. The molecule has 2 rings (SSSR count). The van der Waals surface area contributed by atoms with Gasteiger partial charge in [0.25, 0.3) is 0 Å². The summed E-state index contributed by atoms with van der Waals surface area (Å²) in [5, 5.41) is 0.971. The molecule has 0 radical (unpaired) electrons. The molecule has 1 aliphatic rings. The van der Waals surface area contributed by atoms with E-state index >= 15 is 0 Å². The van der Waals surface area contributed by atoms with E-state index in [-0.39, 0.29) is 0 Å². The monoisotopic (exact) mass is 440 g/mol. The molecule has 2 unspecified atom stereocenters. The molecule has 1 aliphatic carbocycles. The Morgan fingerprint density at radius 2 is 1.39 bits per heavy atom. The predicted molar refractivity (Wildman–Crippen MR) is 109 cm³/mol. The van der Waals surface area contributed by atoms with Crippen LogP contribution in [0, 0.1) is 0 Å². The van der Waals surface area contributed by atoms with Crippen LogP contribution in [-0.4, -0.2) is 23.6 Å². The van der Waals surface area contributed by atoms with Crippen molar-refractivity contribution in [3.63, 3.8) is 0 Å². The Bertz CT molecular complexity index is 409. The molecule has 1 saturated carbocycles. The number of hydrogen-bond acceptors (Lipinski definition) is 1. The molecule has 1 fully saturated rings. The van der Waals surface area contributed by atoms with Crippen LogP contribution in [0.4, 0.5) is 0 Å². The fraction of sp³-hybridized carbons (Fsp3) is 0.714. The summed E-state index contributed by atoms with van der Waals surface area (Å²) in [7, 11) is 0. The van der Waals surface area contributed by atoms with Gasteiger partial charge >= 0.3 is 154 Å². The second kappa shape index (κ2) is 10.4. The molecule has 1 aromatic rings. The van der Waals surface area contributed by atoms with Crippen molar-refractivity contribution in [3.8, 4) is 0 Å². The first kappa shape index (κ1) is 19.7. The van der Waals surface area contributed by atoms with E-state index in [9.17, 15) is 0 Å². The van der Waals surface area contributed by atoms with Crippen LogP contribution in [0.15, 0.2) is 35.2 Å². The number of hydrogen-bond donors (Lipinski definition) is 0. The SMILES string of the molecule is CCC[CH2][Sn]([CH2]CCC)([CH2]CCC)[CH]1CC1Sc1ccccc1. The first-order chi connectivity index (χ1) is 11.3. The minimum absolute atomic E-state index is 0.971. The topological polar surface area (TPSA) is 0 Å². The van der Waals surface area contributed by atoms with Crippen molar-refractivity contribution < 1.29 is 0 Å². The molecular weight excluding hydrogens is 403 g/mol. The van der Waals surface area contributed by atoms with Crippen molar-refractivity contribution in [2.45, 2.75) is 93.1 Å². The maximum absolute atomic E-state index is 2.39. The van der Waals surface area contributed by atoms with Crippen LogP contribution < -0.4 is 0 Å². The normalized spacial score (nSPS) is 20.7. The fourth-order valence-corrected chi connectivity index (χ4v) is 27.1. The summed E-state index contributed by atoms with van der Waals surface area (Å²) in [6, 6.07) is 11.1. The van der Waals surface area contributed by atoms with Gasteiger partial charge in [-0.2, -0.15) is 0 Å². The van der Waals surface area contributed by atoms with Crippen LogP contribution >= 0.6 is 11.8 Å². The average molecular weight is 439 g/mol. The van der Waals surface area contributed by atoms with Crippen LogP contribution in [0.1, 0.15) is 65.7 Å². The van der Waals surface area contributed by atoms with Gasteiger partial charge in [0.2, 0.25) is 0 Å². The Hall–Kier alpha value is 0.369. The van der Waals surface area contributed by atoms with Crippen LogP contribution in [0.2, 0.25) is 17.2 Å². The molecule has 130 valence electrons. The van der Waals surface area contributed by atoms with Crippen LogP contribution in [-0.2, 0) is 0 Å². The zero-order chi connectivity index (χ0) is 16.5.